The van der Waals surface area contributed by atoms with Crippen molar-refractivity contribution in [3.8, 4) is 0 Å². The predicted octanol–water partition coefficient (Wildman–Crippen LogP) is 3.94. The summed E-state index contributed by atoms with van der Waals surface area (Å²) in [5.41, 5.74) is 0. The zero-order chi connectivity index (χ0) is 19.8. The molecule has 1 N–H and O–H groups in total. The first-order valence-corrected chi connectivity index (χ1v) is 5.92. The summed E-state index contributed by atoms with van der Waals surface area (Å²) in [5, 5.41) is 1.17. The first-order valence-electron chi connectivity index (χ1n) is 5.92. The fourth-order valence-corrected chi connectivity index (χ4v) is 1.06. The van der Waals surface area contributed by atoms with E-state index in [4.69, 9.17) is 0 Å². The molecule has 0 unspecified atom stereocenters. The first kappa shape index (κ1) is 22.7. The van der Waals surface area contributed by atoms with Gasteiger partial charge in [-0.1, -0.05) is 6.92 Å². The number of ether oxygens (including phenoxy) is 1. The third kappa shape index (κ3) is 4.19. The fourth-order valence-electron chi connectivity index (χ4n) is 1.06. The van der Waals surface area contributed by atoms with E-state index in [-0.39, 0.29) is 6.42 Å². The van der Waals surface area contributed by atoms with E-state index >= 15 is 0 Å². The maximum Gasteiger partial charge on any atom is 0.462 e. The Morgan fingerprint density at radius 2 is 1.33 bits per heavy atom. The van der Waals surface area contributed by atoms with E-state index in [1.807, 2.05) is 0 Å². The number of halogens is 11. The molecule has 0 aromatic heterocycles. The third-order valence-electron chi connectivity index (χ3n) is 2.64. The Balaban J connectivity index is 5.87. The molecule has 0 radical (unpaired) electrons. The average molecular weight is 385 g/mol. The molecule has 144 valence electrons. The van der Waals surface area contributed by atoms with Crippen LogP contribution in [0.3, 0.4) is 0 Å². The molecule has 2 atom stereocenters. The lowest BCUT2D eigenvalue weighted by molar-refractivity contribution is -0.473. The van der Waals surface area contributed by atoms with Gasteiger partial charge in [-0.15, -0.1) is 0 Å². The summed E-state index contributed by atoms with van der Waals surface area (Å²) in [4.78, 5) is 11.1. The average Bonchev–Trinajstić information content (AvgIpc) is 2.34. The van der Waals surface area contributed by atoms with Crippen LogP contribution in [0.1, 0.15) is 20.3 Å². The van der Waals surface area contributed by atoms with Crippen molar-refractivity contribution in [2.24, 2.45) is 0 Å². The standard InChI is InChI=1S/C10H10F11NO2/c1-3-4(2)22-5(23)6(11,8(14,15)16)24-10(20,21)7(12,13)9(17,18)19/h4H,3H2,1-2H3,(H,22,23)/t4-,6-/m1/s1. The minimum atomic E-state index is -7.20. The number of alkyl halides is 11. The highest BCUT2D eigenvalue weighted by Gasteiger charge is 2.79. The Kier molecular flexibility index (Phi) is 6.15. The van der Waals surface area contributed by atoms with Crippen molar-refractivity contribution in [1.29, 1.82) is 0 Å². The highest BCUT2D eigenvalue weighted by Crippen LogP contribution is 2.50. The molecule has 0 aliphatic heterocycles. The molecule has 0 saturated carbocycles. The van der Waals surface area contributed by atoms with Crippen molar-refractivity contribution in [3.63, 3.8) is 0 Å². The number of carbonyl (C=O) groups is 1. The molecular formula is C10H10F11NO2. The molecular weight excluding hydrogens is 375 g/mol. The van der Waals surface area contributed by atoms with Crippen molar-refractivity contribution in [3.05, 3.63) is 0 Å². The quantitative estimate of drug-likeness (QED) is 0.704. The first-order chi connectivity index (χ1) is 10.3. The molecule has 0 fully saturated rings. The molecule has 14 heteroatoms. The second-order valence-corrected chi connectivity index (χ2v) is 4.57. The van der Waals surface area contributed by atoms with Crippen molar-refractivity contribution in [1.82, 2.24) is 5.32 Å². The van der Waals surface area contributed by atoms with Gasteiger partial charge in [0.15, 0.2) is 0 Å². The van der Waals surface area contributed by atoms with Gasteiger partial charge < -0.3 is 5.32 Å². The third-order valence-corrected chi connectivity index (χ3v) is 2.64. The van der Waals surface area contributed by atoms with Crippen molar-refractivity contribution < 1.29 is 57.8 Å². The van der Waals surface area contributed by atoms with E-state index in [2.05, 4.69) is 4.74 Å². The Bertz CT molecular complexity index is 459. The highest BCUT2D eigenvalue weighted by molar-refractivity contribution is 5.84. The van der Waals surface area contributed by atoms with Gasteiger partial charge in [-0.3, -0.25) is 9.53 Å². The maximum atomic E-state index is 13.7. The van der Waals surface area contributed by atoms with Crippen LogP contribution >= 0.6 is 0 Å². The van der Waals surface area contributed by atoms with Crippen LogP contribution in [0.4, 0.5) is 48.3 Å². The number of carbonyl (C=O) groups excluding carboxylic acids is 1. The van der Waals surface area contributed by atoms with Gasteiger partial charge >= 0.3 is 30.2 Å². The van der Waals surface area contributed by atoms with Gasteiger partial charge in [-0.25, -0.2) is 0 Å². The molecule has 0 bridgehead atoms. The second kappa shape index (κ2) is 6.52. The largest absolute Gasteiger partial charge is 0.462 e. The minimum Gasteiger partial charge on any atom is -0.348 e. The zero-order valence-electron chi connectivity index (χ0n) is 11.8. The Morgan fingerprint density at radius 1 is 0.917 bits per heavy atom. The summed E-state index contributed by atoms with van der Waals surface area (Å²) in [6, 6.07) is -1.25. The van der Waals surface area contributed by atoms with Crippen LogP contribution in [0.25, 0.3) is 0 Å². The molecule has 0 aliphatic rings. The Labute approximate surface area is 127 Å². The van der Waals surface area contributed by atoms with Gasteiger partial charge in [0.1, 0.15) is 0 Å². The molecule has 1 amide bonds. The van der Waals surface area contributed by atoms with Gasteiger partial charge in [0.25, 0.3) is 5.91 Å². The lowest BCUT2D eigenvalue weighted by atomic mass is 10.2. The van der Waals surface area contributed by atoms with Gasteiger partial charge in [-0.05, 0) is 13.3 Å². The van der Waals surface area contributed by atoms with E-state index < -0.39 is 42.2 Å². The molecule has 0 spiro atoms. The Hall–Kier alpha value is -1.34. The summed E-state index contributed by atoms with van der Waals surface area (Å²) in [6.07, 6.45) is -20.9. The summed E-state index contributed by atoms with van der Waals surface area (Å²) < 4.78 is 140. The van der Waals surface area contributed by atoms with E-state index in [1.165, 1.54) is 12.2 Å². The number of nitrogens with one attached hydrogen (secondary N) is 1. The zero-order valence-corrected chi connectivity index (χ0v) is 11.8. The Morgan fingerprint density at radius 3 is 1.62 bits per heavy atom. The fraction of sp³-hybridized carbons (Fsp3) is 0.900. The van der Waals surface area contributed by atoms with Gasteiger partial charge in [0, 0.05) is 6.04 Å². The maximum absolute atomic E-state index is 13.7. The second-order valence-electron chi connectivity index (χ2n) is 4.57. The van der Waals surface area contributed by atoms with Gasteiger partial charge in [0.2, 0.25) is 0 Å². The number of hydrogen-bond donors (Lipinski definition) is 1. The monoisotopic (exact) mass is 385 g/mol. The summed E-state index contributed by atoms with van der Waals surface area (Å²) in [6.45, 7) is 2.24. The SMILES string of the molecule is CC[C@@H](C)NC(=O)[C@@](F)(OC(F)(F)C(F)(F)C(F)(F)F)C(F)(F)F. The topological polar surface area (TPSA) is 38.3 Å². The van der Waals surface area contributed by atoms with Crippen LogP contribution in [0, 0.1) is 0 Å². The van der Waals surface area contributed by atoms with Crippen LogP contribution in [-0.2, 0) is 9.53 Å². The molecule has 0 aromatic carbocycles. The van der Waals surface area contributed by atoms with Crippen molar-refractivity contribution >= 4 is 5.91 Å². The number of rotatable bonds is 6. The normalized spacial score (nSPS) is 18.0. The predicted molar refractivity (Wildman–Crippen MR) is 54.8 cm³/mol. The number of hydrogen-bond acceptors (Lipinski definition) is 2. The van der Waals surface area contributed by atoms with Crippen LogP contribution in [-0.4, -0.2) is 42.2 Å². The van der Waals surface area contributed by atoms with Crippen LogP contribution < -0.4 is 5.32 Å². The highest BCUT2D eigenvalue weighted by atomic mass is 19.4. The molecule has 0 rings (SSSR count). The van der Waals surface area contributed by atoms with Crippen molar-refractivity contribution in [2.75, 3.05) is 0 Å². The molecule has 0 saturated heterocycles. The van der Waals surface area contributed by atoms with E-state index in [1.54, 1.807) is 0 Å². The molecule has 0 aliphatic carbocycles. The van der Waals surface area contributed by atoms with Gasteiger partial charge in [-0.2, -0.15) is 48.3 Å². The lowest BCUT2D eigenvalue weighted by Gasteiger charge is -2.34. The van der Waals surface area contributed by atoms with Crippen LogP contribution in [0.15, 0.2) is 0 Å². The summed E-state index contributed by atoms with van der Waals surface area (Å²) >= 11 is 0. The lowest BCUT2D eigenvalue weighted by Crippen LogP contribution is -2.64. The summed E-state index contributed by atoms with van der Waals surface area (Å²) in [7, 11) is 0. The molecule has 3 nitrogen and oxygen atoms in total. The van der Waals surface area contributed by atoms with Gasteiger partial charge in [0.05, 0.1) is 0 Å². The van der Waals surface area contributed by atoms with E-state index in [0.29, 0.717) is 0 Å². The van der Waals surface area contributed by atoms with E-state index in [0.717, 1.165) is 6.92 Å². The smallest absolute Gasteiger partial charge is 0.348 e. The van der Waals surface area contributed by atoms with Crippen molar-refractivity contribution in [2.45, 2.75) is 56.5 Å². The molecule has 0 heterocycles. The summed E-state index contributed by atoms with van der Waals surface area (Å²) in [5.74, 6) is -16.3. The van der Waals surface area contributed by atoms with Crippen LogP contribution in [0.2, 0.25) is 0 Å². The van der Waals surface area contributed by atoms with Crippen LogP contribution in [0.5, 0.6) is 0 Å². The molecule has 0 aromatic rings. The number of amides is 1. The van der Waals surface area contributed by atoms with E-state index in [9.17, 15) is 53.1 Å². The minimum absolute atomic E-state index is 0.144. The molecule has 24 heavy (non-hydrogen) atoms.